The van der Waals surface area contributed by atoms with Gasteiger partial charge < -0.3 is 0 Å². The van der Waals surface area contributed by atoms with Crippen LogP contribution in [0.5, 0.6) is 0 Å². The quantitative estimate of drug-likeness (QED) is 0.673. The van der Waals surface area contributed by atoms with Gasteiger partial charge in [-0.3, -0.25) is 0 Å². The molecule has 0 N–H and O–H groups in total. The van der Waals surface area contributed by atoms with Gasteiger partial charge in [-0.05, 0) is 17.5 Å². The lowest BCUT2D eigenvalue weighted by atomic mass is 10.1. The molecule has 0 fully saturated rings. The molecule has 1 rings (SSSR count). The Bertz CT molecular complexity index is 218. The molecule has 1 aromatic carbocycles. The van der Waals surface area contributed by atoms with Crippen LogP contribution in [0.25, 0.3) is 0 Å². The highest BCUT2D eigenvalue weighted by Crippen LogP contribution is 2.09. The van der Waals surface area contributed by atoms with Gasteiger partial charge in [0, 0.05) is 5.33 Å². The molecular weight excluding hydrogens is 200 g/mol. The van der Waals surface area contributed by atoms with Crippen LogP contribution >= 0.6 is 15.9 Å². The summed E-state index contributed by atoms with van der Waals surface area (Å²) in [7, 11) is 0. The fourth-order valence-corrected chi connectivity index (χ4v) is 1.51. The zero-order chi connectivity index (χ0) is 8.10. The molecule has 0 bridgehead atoms. The molecule has 0 aliphatic heterocycles. The van der Waals surface area contributed by atoms with Crippen molar-refractivity contribution in [2.75, 3.05) is 0 Å². The minimum absolute atomic E-state index is 0.963. The summed E-state index contributed by atoms with van der Waals surface area (Å²) < 4.78 is 0. The average molecular weight is 213 g/mol. The van der Waals surface area contributed by atoms with E-state index >= 15 is 0 Å². The molecule has 1 heteroatoms. The zero-order valence-electron chi connectivity index (χ0n) is 6.81. The highest BCUT2D eigenvalue weighted by molar-refractivity contribution is 9.08. The molecule has 0 atom stereocenters. The van der Waals surface area contributed by atoms with E-state index in [1.807, 2.05) is 0 Å². The van der Waals surface area contributed by atoms with Crippen molar-refractivity contribution in [3.63, 3.8) is 0 Å². The van der Waals surface area contributed by atoms with Crippen LogP contribution in [0.2, 0.25) is 0 Å². The van der Waals surface area contributed by atoms with Crippen molar-refractivity contribution in [3.8, 4) is 0 Å². The van der Waals surface area contributed by atoms with Gasteiger partial charge in [-0.1, -0.05) is 53.5 Å². The van der Waals surface area contributed by atoms with E-state index in [1.54, 1.807) is 0 Å². The second kappa shape index (κ2) is 4.55. The van der Waals surface area contributed by atoms with Crippen LogP contribution in [0.15, 0.2) is 24.3 Å². The molecule has 0 amide bonds. The number of rotatable bonds is 3. The number of hydrogen-bond donors (Lipinski definition) is 0. The van der Waals surface area contributed by atoms with Crippen LogP contribution in [0, 0.1) is 0 Å². The first kappa shape index (κ1) is 8.79. The fourth-order valence-electron chi connectivity index (χ4n) is 1.16. The highest BCUT2D eigenvalue weighted by atomic mass is 79.9. The normalized spacial score (nSPS) is 10.0. The molecule has 0 aromatic heterocycles. The Morgan fingerprint density at radius 2 is 2.00 bits per heavy atom. The third-order valence-corrected chi connectivity index (χ3v) is 2.33. The van der Waals surface area contributed by atoms with Crippen molar-refractivity contribution in [2.24, 2.45) is 0 Å². The molecule has 0 aliphatic rings. The van der Waals surface area contributed by atoms with Crippen molar-refractivity contribution in [1.82, 2.24) is 0 Å². The maximum absolute atomic E-state index is 3.44. The van der Waals surface area contributed by atoms with Gasteiger partial charge in [-0.25, -0.2) is 0 Å². The third-order valence-electron chi connectivity index (χ3n) is 1.68. The summed E-state index contributed by atoms with van der Waals surface area (Å²) in [6.07, 6.45) is 2.42. The number of aryl methyl sites for hydroxylation is 1. The number of alkyl halides is 1. The predicted molar refractivity (Wildman–Crippen MR) is 53.1 cm³/mol. The second-order valence-corrected chi connectivity index (χ2v) is 3.26. The molecule has 0 aliphatic carbocycles. The number of benzene rings is 1. The van der Waals surface area contributed by atoms with E-state index in [2.05, 4.69) is 47.1 Å². The van der Waals surface area contributed by atoms with E-state index in [-0.39, 0.29) is 0 Å². The summed E-state index contributed by atoms with van der Waals surface area (Å²) in [5.74, 6) is 0. The number of hydrogen-bond acceptors (Lipinski definition) is 0. The van der Waals surface area contributed by atoms with Gasteiger partial charge in [0.2, 0.25) is 0 Å². The monoisotopic (exact) mass is 212 g/mol. The topological polar surface area (TPSA) is 0 Å². The summed E-state index contributed by atoms with van der Waals surface area (Å²) >= 11 is 3.44. The molecule has 0 nitrogen and oxygen atoms in total. The lowest BCUT2D eigenvalue weighted by molar-refractivity contribution is 0.920. The molecule has 11 heavy (non-hydrogen) atoms. The van der Waals surface area contributed by atoms with Crippen LogP contribution in [-0.2, 0) is 11.8 Å². The molecule has 0 saturated carbocycles. The first-order valence-electron chi connectivity index (χ1n) is 4.00. The Morgan fingerprint density at radius 3 is 2.64 bits per heavy atom. The third kappa shape index (κ3) is 2.66. The summed E-state index contributed by atoms with van der Waals surface area (Å²) in [5, 5.41) is 0.963. The Kier molecular flexibility index (Phi) is 3.64. The average Bonchev–Trinajstić information content (AvgIpc) is 2.06. The molecule has 0 unspecified atom stereocenters. The second-order valence-electron chi connectivity index (χ2n) is 2.70. The van der Waals surface area contributed by atoms with Crippen LogP contribution in [0.3, 0.4) is 0 Å². The van der Waals surface area contributed by atoms with Crippen molar-refractivity contribution in [2.45, 2.75) is 25.1 Å². The molecule has 1 aromatic rings. The van der Waals surface area contributed by atoms with Gasteiger partial charge >= 0.3 is 0 Å². The predicted octanol–water partition coefficient (Wildman–Crippen LogP) is 3.53. The minimum Gasteiger partial charge on any atom is -0.0876 e. The maximum Gasteiger partial charge on any atom is 0.0283 e. The standard InChI is InChI=1S/C10H13Br/c1-2-4-9-5-3-6-10(7-9)8-11/h3,5-7H,2,4,8H2,1H3. The van der Waals surface area contributed by atoms with E-state index in [0.717, 1.165) is 5.33 Å². The van der Waals surface area contributed by atoms with Crippen LogP contribution in [0.4, 0.5) is 0 Å². The van der Waals surface area contributed by atoms with E-state index < -0.39 is 0 Å². The Balaban J connectivity index is 2.74. The van der Waals surface area contributed by atoms with E-state index in [1.165, 1.54) is 24.0 Å². The van der Waals surface area contributed by atoms with Crippen LogP contribution in [0.1, 0.15) is 24.5 Å². The maximum atomic E-state index is 3.44. The largest absolute Gasteiger partial charge is 0.0876 e. The minimum atomic E-state index is 0.963. The molecule has 0 saturated heterocycles. The number of halogens is 1. The first-order chi connectivity index (χ1) is 5.36. The van der Waals surface area contributed by atoms with Crippen LogP contribution in [-0.4, -0.2) is 0 Å². The van der Waals surface area contributed by atoms with Crippen molar-refractivity contribution >= 4 is 15.9 Å². The van der Waals surface area contributed by atoms with Gasteiger partial charge in [0.1, 0.15) is 0 Å². The molecule has 0 heterocycles. The summed E-state index contributed by atoms with van der Waals surface area (Å²) in [4.78, 5) is 0. The highest BCUT2D eigenvalue weighted by Gasteiger charge is 1.92. The zero-order valence-corrected chi connectivity index (χ0v) is 8.39. The molecule has 0 spiro atoms. The lowest BCUT2D eigenvalue weighted by Crippen LogP contribution is -1.84. The van der Waals surface area contributed by atoms with Crippen molar-refractivity contribution in [3.05, 3.63) is 35.4 Å². The van der Waals surface area contributed by atoms with Gasteiger partial charge in [0.05, 0.1) is 0 Å². The van der Waals surface area contributed by atoms with Crippen LogP contribution < -0.4 is 0 Å². The SMILES string of the molecule is CCCc1cccc(CBr)c1. The molecular formula is C10H13Br. The Hall–Kier alpha value is -0.300. The van der Waals surface area contributed by atoms with E-state index in [0.29, 0.717) is 0 Å². The summed E-state index contributed by atoms with van der Waals surface area (Å²) in [6, 6.07) is 8.73. The molecule has 0 radical (unpaired) electrons. The lowest BCUT2D eigenvalue weighted by Gasteiger charge is -1.99. The van der Waals surface area contributed by atoms with Gasteiger partial charge in [-0.15, -0.1) is 0 Å². The summed E-state index contributed by atoms with van der Waals surface area (Å²) in [6.45, 7) is 2.21. The van der Waals surface area contributed by atoms with E-state index in [4.69, 9.17) is 0 Å². The van der Waals surface area contributed by atoms with Gasteiger partial charge in [0.15, 0.2) is 0 Å². The smallest absolute Gasteiger partial charge is 0.0283 e. The summed E-state index contributed by atoms with van der Waals surface area (Å²) in [5.41, 5.74) is 2.82. The van der Waals surface area contributed by atoms with Gasteiger partial charge in [0.25, 0.3) is 0 Å². The fraction of sp³-hybridized carbons (Fsp3) is 0.400. The van der Waals surface area contributed by atoms with Crippen molar-refractivity contribution in [1.29, 1.82) is 0 Å². The Labute approximate surface area is 76.8 Å². The Morgan fingerprint density at radius 1 is 1.27 bits per heavy atom. The van der Waals surface area contributed by atoms with E-state index in [9.17, 15) is 0 Å². The first-order valence-corrected chi connectivity index (χ1v) is 5.12. The van der Waals surface area contributed by atoms with Crippen molar-refractivity contribution < 1.29 is 0 Å². The molecule has 60 valence electrons. The van der Waals surface area contributed by atoms with Gasteiger partial charge in [-0.2, -0.15) is 0 Å².